The fourth-order valence-corrected chi connectivity index (χ4v) is 6.30. The lowest BCUT2D eigenvalue weighted by atomic mass is 10.00. The number of nitrogens with zero attached hydrogens (tertiary/aromatic N) is 4. The molecule has 1 aromatic rings. The molecule has 8 nitrogen and oxygen atoms in total. The normalized spacial score (nSPS) is 20.9. The van der Waals surface area contributed by atoms with E-state index in [1.54, 1.807) is 4.90 Å². The summed E-state index contributed by atoms with van der Waals surface area (Å²) in [5, 5.41) is 9.10. The number of carbonyl (C=O) groups excluding carboxylic acids is 1. The zero-order valence-corrected chi connectivity index (χ0v) is 17.9. The van der Waals surface area contributed by atoms with Gasteiger partial charge in [-0.05, 0) is 33.1 Å². The first-order valence-corrected chi connectivity index (χ1v) is 12.5. The van der Waals surface area contributed by atoms with Crippen LogP contribution in [0, 0.1) is 0 Å². The Bertz CT molecular complexity index is 718. The summed E-state index contributed by atoms with van der Waals surface area (Å²) in [5.74, 6) is 6.38. The van der Waals surface area contributed by atoms with Crippen molar-refractivity contribution in [2.24, 2.45) is 0 Å². The molecule has 1 heterocycles. The minimum absolute atomic E-state index is 0.0421. The van der Waals surface area contributed by atoms with E-state index in [1.807, 2.05) is 13.8 Å². The van der Waals surface area contributed by atoms with Gasteiger partial charge in [0.2, 0.25) is 16.2 Å². The van der Waals surface area contributed by atoms with Crippen LogP contribution in [0.2, 0.25) is 0 Å². The molecular weight excluding hydrogens is 394 g/mol. The lowest BCUT2D eigenvalue weighted by molar-refractivity contribution is -0.127. The number of hydrogen-bond donors (Lipinski definition) is 1. The van der Waals surface area contributed by atoms with E-state index in [0.29, 0.717) is 29.8 Å². The number of hydrogen-bond acceptors (Lipinski definition) is 8. The molecule has 1 aliphatic carbocycles. The standard InChI is InChI=1S/C15H27N5O3S3/c1-4-19(5-2)13(21)10-24-14-17-18-15(20(14)16)25-11-7-6-8-12(9-11)26(3,22)23/h11-12H,4-10,16H2,1-3H3/t11-,12-/m1/s1. The average Bonchev–Trinajstić information content (AvgIpc) is 2.94. The van der Waals surface area contributed by atoms with Gasteiger partial charge in [0.1, 0.15) is 9.84 Å². The van der Waals surface area contributed by atoms with Gasteiger partial charge in [-0.3, -0.25) is 4.79 Å². The Kier molecular flexibility index (Phi) is 7.65. The number of nitrogens with two attached hydrogens (primary N) is 1. The van der Waals surface area contributed by atoms with E-state index >= 15 is 0 Å². The van der Waals surface area contributed by atoms with E-state index in [-0.39, 0.29) is 22.2 Å². The first kappa shape index (κ1) is 21.4. The van der Waals surface area contributed by atoms with Gasteiger partial charge in [0.05, 0.1) is 11.0 Å². The van der Waals surface area contributed by atoms with E-state index in [4.69, 9.17) is 5.84 Å². The summed E-state index contributed by atoms with van der Waals surface area (Å²) in [6.45, 7) is 5.24. The topological polar surface area (TPSA) is 111 Å². The zero-order chi connectivity index (χ0) is 19.3. The molecule has 2 atom stereocenters. The van der Waals surface area contributed by atoms with Crippen LogP contribution in [0.1, 0.15) is 39.5 Å². The van der Waals surface area contributed by atoms with Crippen LogP contribution in [0.5, 0.6) is 0 Å². The van der Waals surface area contributed by atoms with Crippen molar-refractivity contribution in [2.75, 3.05) is 30.9 Å². The Labute approximate surface area is 163 Å². The summed E-state index contributed by atoms with van der Waals surface area (Å²) in [6, 6.07) is 0. The van der Waals surface area contributed by atoms with E-state index in [0.717, 1.165) is 19.3 Å². The molecule has 0 saturated heterocycles. The maximum Gasteiger partial charge on any atom is 0.233 e. The number of nitrogen functional groups attached to an aromatic ring is 1. The Morgan fingerprint density at radius 2 is 1.92 bits per heavy atom. The van der Waals surface area contributed by atoms with Gasteiger partial charge in [0.15, 0.2) is 0 Å². The highest BCUT2D eigenvalue weighted by molar-refractivity contribution is 8.00. The third kappa shape index (κ3) is 5.53. The predicted octanol–water partition coefficient (Wildman–Crippen LogP) is 1.40. The monoisotopic (exact) mass is 421 g/mol. The van der Waals surface area contributed by atoms with Gasteiger partial charge in [0.25, 0.3) is 0 Å². The molecular formula is C15H27N5O3S3. The third-order valence-corrected chi connectivity index (χ3v) is 8.35. The molecule has 1 aromatic heterocycles. The van der Waals surface area contributed by atoms with Gasteiger partial charge in [-0.1, -0.05) is 29.9 Å². The minimum atomic E-state index is -3.02. The molecule has 0 bridgehead atoms. The summed E-state index contributed by atoms with van der Waals surface area (Å²) in [5.41, 5.74) is 0. The average molecular weight is 422 g/mol. The molecule has 2 rings (SSSR count). The molecule has 26 heavy (non-hydrogen) atoms. The molecule has 11 heteroatoms. The van der Waals surface area contributed by atoms with Crippen molar-refractivity contribution < 1.29 is 13.2 Å². The van der Waals surface area contributed by atoms with Crippen LogP contribution in [0.3, 0.4) is 0 Å². The quantitative estimate of drug-likeness (QED) is 0.495. The second-order valence-electron chi connectivity index (χ2n) is 6.35. The molecule has 0 aromatic carbocycles. The van der Waals surface area contributed by atoms with Crippen LogP contribution >= 0.6 is 23.5 Å². The van der Waals surface area contributed by atoms with Gasteiger partial charge in [-0.2, -0.15) is 0 Å². The van der Waals surface area contributed by atoms with Crippen molar-refractivity contribution in [3.8, 4) is 0 Å². The lowest BCUT2D eigenvalue weighted by Gasteiger charge is -2.26. The SMILES string of the molecule is CCN(CC)C(=O)CSc1nnc(S[C@@H]2CCC[C@@H](S(C)(=O)=O)C2)n1N. The van der Waals surface area contributed by atoms with Gasteiger partial charge in [-0.25, -0.2) is 13.1 Å². The summed E-state index contributed by atoms with van der Waals surface area (Å²) < 4.78 is 25.0. The van der Waals surface area contributed by atoms with Gasteiger partial charge >= 0.3 is 0 Å². The van der Waals surface area contributed by atoms with Crippen molar-refractivity contribution in [3.05, 3.63) is 0 Å². The molecule has 1 saturated carbocycles. The second kappa shape index (κ2) is 9.32. The molecule has 2 N–H and O–H groups in total. The van der Waals surface area contributed by atoms with Crippen LogP contribution in [0.15, 0.2) is 10.3 Å². The fraction of sp³-hybridized carbons (Fsp3) is 0.800. The number of rotatable bonds is 8. The number of sulfone groups is 1. The van der Waals surface area contributed by atoms with Crippen LogP contribution in [0.4, 0.5) is 0 Å². The van der Waals surface area contributed by atoms with E-state index in [2.05, 4.69) is 10.2 Å². The van der Waals surface area contributed by atoms with Crippen LogP contribution in [-0.4, -0.2) is 69.7 Å². The first-order valence-electron chi connectivity index (χ1n) is 8.72. The molecule has 0 radical (unpaired) electrons. The molecule has 0 aliphatic heterocycles. The summed E-state index contributed by atoms with van der Waals surface area (Å²) >= 11 is 2.74. The molecule has 0 unspecified atom stereocenters. The molecule has 1 fully saturated rings. The van der Waals surface area contributed by atoms with Crippen molar-refractivity contribution in [3.63, 3.8) is 0 Å². The van der Waals surface area contributed by atoms with Gasteiger partial charge in [0, 0.05) is 24.6 Å². The van der Waals surface area contributed by atoms with Crippen molar-refractivity contribution >= 4 is 39.3 Å². The minimum Gasteiger partial charge on any atom is -0.343 e. The zero-order valence-electron chi connectivity index (χ0n) is 15.4. The highest BCUT2D eigenvalue weighted by Crippen LogP contribution is 2.35. The molecule has 1 amide bonds. The number of aromatic nitrogens is 3. The molecule has 148 valence electrons. The van der Waals surface area contributed by atoms with Gasteiger partial charge < -0.3 is 10.7 Å². The largest absolute Gasteiger partial charge is 0.343 e. The first-order chi connectivity index (χ1) is 12.3. The maximum absolute atomic E-state index is 12.1. The van der Waals surface area contributed by atoms with Gasteiger partial charge in [-0.15, -0.1) is 10.2 Å². The third-order valence-electron chi connectivity index (χ3n) is 4.53. The highest BCUT2D eigenvalue weighted by Gasteiger charge is 2.30. The second-order valence-corrected chi connectivity index (χ2v) is 10.9. The lowest BCUT2D eigenvalue weighted by Crippen LogP contribution is -2.32. The van der Waals surface area contributed by atoms with Crippen LogP contribution < -0.4 is 5.84 Å². The van der Waals surface area contributed by atoms with Crippen molar-refractivity contribution in [1.82, 2.24) is 19.8 Å². The predicted molar refractivity (Wildman–Crippen MR) is 106 cm³/mol. The van der Waals surface area contributed by atoms with Crippen LogP contribution in [0.25, 0.3) is 0 Å². The van der Waals surface area contributed by atoms with E-state index in [9.17, 15) is 13.2 Å². The fourth-order valence-electron chi connectivity index (χ4n) is 2.98. The number of thioether (sulfide) groups is 2. The summed E-state index contributed by atoms with van der Waals surface area (Å²) in [7, 11) is -3.02. The smallest absolute Gasteiger partial charge is 0.233 e. The Hall–Kier alpha value is -0.940. The summed E-state index contributed by atoms with van der Waals surface area (Å²) in [4.78, 5) is 13.8. The number of amides is 1. The van der Waals surface area contributed by atoms with Crippen molar-refractivity contribution in [2.45, 2.75) is 60.3 Å². The Morgan fingerprint density at radius 1 is 1.27 bits per heavy atom. The Morgan fingerprint density at radius 3 is 2.54 bits per heavy atom. The van der Waals surface area contributed by atoms with Crippen molar-refractivity contribution in [1.29, 1.82) is 0 Å². The Balaban J connectivity index is 1.95. The van der Waals surface area contributed by atoms with E-state index in [1.165, 1.54) is 34.5 Å². The molecule has 0 spiro atoms. The van der Waals surface area contributed by atoms with E-state index < -0.39 is 9.84 Å². The maximum atomic E-state index is 12.1. The highest BCUT2D eigenvalue weighted by atomic mass is 32.2. The number of carbonyl (C=O) groups is 1. The summed E-state index contributed by atoms with van der Waals surface area (Å²) in [6.07, 6.45) is 4.46. The molecule has 1 aliphatic rings. The van der Waals surface area contributed by atoms with Crippen LogP contribution in [-0.2, 0) is 14.6 Å².